The van der Waals surface area contributed by atoms with Crippen LogP contribution in [0.4, 0.5) is 0 Å². The number of methoxy groups -OCH3 is 1. The normalized spacial score (nSPS) is 8.22. The molecule has 0 unspecified atom stereocenters. The van der Waals surface area contributed by atoms with Gasteiger partial charge in [-0.25, -0.2) is 4.79 Å². The second-order valence-electron chi connectivity index (χ2n) is 1.60. The van der Waals surface area contributed by atoms with E-state index < -0.39 is 11.8 Å². The van der Waals surface area contributed by atoms with E-state index in [1.807, 2.05) is 0 Å². The highest BCUT2D eigenvalue weighted by Gasteiger charge is 2.12. The SMILES string of the molecule is C=C(C)C(=O)C(=O)OC. The maximum atomic E-state index is 10.5. The summed E-state index contributed by atoms with van der Waals surface area (Å²) >= 11 is 0. The molecule has 0 aromatic heterocycles. The van der Waals surface area contributed by atoms with Crippen molar-refractivity contribution in [2.75, 3.05) is 7.11 Å². The highest BCUT2D eigenvalue weighted by Crippen LogP contribution is 1.90. The largest absolute Gasteiger partial charge is 0.463 e. The predicted octanol–water partition coefficient (Wildman–Crippen LogP) is 0.305. The average molecular weight is 128 g/mol. The van der Waals surface area contributed by atoms with E-state index in [1.165, 1.54) is 6.92 Å². The Balaban J connectivity index is 4.05. The molecule has 0 amide bonds. The smallest absolute Gasteiger partial charge is 0.379 e. The molecule has 0 heterocycles. The number of ketones is 1. The van der Waals surface area contributed by atoms with Crippen LogP contribution < -0.4 is 0 Å². The van der Waals surface area contributed by atoms with Gasteiger partial charge in [-0.1, -0.05) is 6.58 Å². The summed E-state index contributed by atoms with van der Waals surface area (Å²) in [6.07, 6.45) is 0. The monoisotopic (exact) mass is 128 g/mol. The van der Waals surface area contributed by atoms with Gasteiger partial charge in [-0.3, -0.25) is 4.79 Å². The van der Waals surface area contributed by atoms with Gasteiger partial charge >= 0.3 is 5.97 Å². The van der Waals surface area contributed by atoms with E-state index in [1.54, 1.807) is 0 Å². The molecule has 0 aromatic carbocycles. The van der Waals surface area contributed by atoms with Gasteiger partial charge in [0.25, 0.3) is 5.78 Å². The Kier molecular flexibility index (Phi) is 2.64. The van der Waals surface area contributed by atoms with E-state index in [0.29, 0.717) is 0 Å². The fraction of sp³-hybridized carbons (Fsp3) is 0.333. The molecule has 0 rings (SSSR count). The quantitative estimate of drug-likeness (QED) is 0.305. The Morgan fingerprint density at radius 1 is 1.44 bits per heavy atom. The second kappa shape index (κ2) is 3.02. The first kappa shape index (κ1) is 7.88. The highest BCUT2D eigenvalue weighted by molar-refractivity contribution is 6.40. The van der Waals surface area contributed by atoms with Crippen LogP contribution in [0.5, 0.6) is 0 Å². The van der Waals surface area contributed by atoms with Gasteiger partial charge in [0.15, 0.2) is 0 Å². The van der Waals surface area contributed by atoms with Gasteiger partial charge in [0.2, 0.25) is 0 Å². The molecule has 9 heavy (non-hydrogen) atoms. The molecule has 0 radical (unpaired) electrons. The molecule has 3 heteroatoms. The number of carbonyl (C=O) groups is 2. The summed E-state index contributed by atoms with van der Waals surface area (Å²) in [5, 5.41) is 0. The molecule has 0 saturated heterocycles. The molecule has 0 spiro atoms. The molecule has 0 bridgehead atoms. The van der Waals surface area contributed by atoms with Gasteiger partial charge in [0.05, 0.1) is 7.11 Å². The van der Waals surface area contributed by atoms with Gasteiger partial charge in [-0.2, -0.15) is 0 Å². The molecule has 0 atom stereocenters. The fourth-order valence-electron chi connectivity index (χ4n) is 0.267. The Labute approximate surface area is 53.3 Å². The third-order valence-electron chi connectivity index (χ3n) is 0.758. The minimum Gasteiger partial charge on any atom is -0.463 e. The number of carbonyl (C=O) groups excluding carboxylic acids is 2. The fourth-order valence-corrected chi connectivity index (χ4v) is 0.267. The third-order valence-corrected chi connectivity index (χ3v) is 0.758. The maximum absolute atomic E-state index is 10.5. The number of rotatable bonds is 2. The number of Topliss-reactive ketones (excluding diaryl/α,β-unsaturated/α-hetero) is 1. The van der Waals surface area contributed by atoms with Crippen LogP contribution in [0, 0.1) is 0 Å². The predicted molar refractivity (Wildman–Crippen MR) is 31.8 cm³/mol. The molecule has 0 aliphatic rings. The summed E-state index contributed by atoms with van der Waals surface area (Å²) in [5.41, 5.74) is 0.196. The lowest BCUT2D eigenvalue weighted by molar-refractivity contribution is -0.149. The van der Waals surface area contributed by atoms with Crippen LogP contribution >= 0.6 is 0 Å². The van der Waals surface area contributed by atoms with Crippen molar-refractivity contribution in [3.05, 3.63) is 12.2 Å². The molecule has 3 nitrogen and oxygen atoms in total. The van der Waals surface area contributed by atoms with Crippen molar-refractivity contribution in [3.8, 4) is 0 Å². The summed E-state index contributed by atoms with van der Waals surface area (Å²) in [6, 6.07) is 0. The molecule has 50 valence electrons. The molecule has 0 aliphatic carbocycles. The van der Waals surface area contributed by atoms with Gasteiger partial charge in [0.1, 0.15) is 0 Å². The van der Waals surface area contributed by atoms with Crippen molar-refractivity contribution in [3.63, 3.8) is 0 Å². The van der Waals surface area contributed by atoms with Crippen LogP contribution in [0.15, 0.2) is 12.2 Å². The number of hydrogen-bond acceptors (Lipinski definition) is 3. The van der Waals surface area contributed by atoms with Crippen LogP contribution in [-0.2, 0) is 14.3 Å². The Hall–Kier alpha value is -1.12. The number of esters is 1. The summed E-state index contributed by atoms with van der Waals surface area (Å²) in [6.45, 7) is 4.73. The van der Waals surface area contributed by atoms with Crippen LogP contribution in [-0.4, -0.2) is 18.9 Å². The molecule has 0 N–H and O–H groups in total. The van der Waals surface area contributed by atoms with Gasteiger partial charge in [-0.05, 0) is 12.5 Å². The van der Waals surface area contributed by atoms with Crippen molar-refractivity contribution < 1.29 is 14.3 Å². The Morgan fingerprint density at radius 2 is 1.89 bits per heavy atom. The first-order valence-electron chi connectivity index (χ1n) is 2.37. The lowest BCUT2D eigenvalue weighted by Crippen LogP contribution is -2.15. The minimum atomic E-state index is -0.859. The maximum Gasteiger partial charge on any atom is 0.379 e. The summed E-state index contributed by atoms with van der Waals surface area (Å²) in [5.74, 6) is -1.53. The van der Waals surface area contributed by atoms with E-state index in [0.717, 1.165) is 7.11 Å². The average Bonchev–Trinajstić information content (AvgIpc) is 1.84. The Morgan fingerprint density at radius 3 is 2.00 bits per heavy atom. The highest BCUT2D eigenvalue weighted by atomic mass is 16.5. The van der Waals surface area contributed by atoms with Gasteiger partial charge in [-0.15, -0.1) is 0 Å². The topological polar surface area (TPSA) is 43.4 Å². The zero-order chi connectivity index (χ0) is 7.44. The van der Waals surface area contributed by atoms with Gasteiger partial charge in [0, 0.05) is 0 Å². The molecule has 0 aliphatic heterocycles. The van der Waals surface area contributed by atoms with Crippen molar-refractivity contribution in [2.45, 2.75) is 6.92 Å². The molecule has 0 saturated carbocycles. The number of ether oxygens (including phenoxy) is 1. The number of hydrogen-bond donors (Lipinski definition) is 0. The zero-order valence-corrected chi connectivity index (χ0v) is 5.43. The minimum absolute atomic E-state index is 0.196. The van der Waals surface area contributed by atoms with Crippen molar-refractivity contribution in [1.29, 1.82) is 0 Å². The van der Waals surface area contributed by atoms with Crippen molar-refractivity contribution >= 4 is 11.8 Å². The second-order valence-corrected chi connectivity index (χ2v) is 1.60. The van der Waals surface area contributed by atoms with Crippen LogP contribution in [0.2, 0.25) is 0 Å². The first-order chi connectivity index (χ1) is 4.09. The first-order valence-corrected chi connectivity index (χ1v) is 2.37. The lowest BCUT2D eigenvalue weighted by atomic mass is 10.2. The van der Waals surface area contributed by atoms with E-state index in [2.05, 4.69) is 11.3 Å². The van der Waals surface area contributed by atoms with Gasteiger partial charge < -0.3 is 4.74 Å². The Bertz CT molecular complexity index is 158. The van der Waals surface area contributed by atoms with E-state index in [9.17, 15) is 9.59 Å². The van der Waals surface area contributed by atoms with E-state index in [4.69, 9.17) is 0 Å². The molecular formula is C6H8O3. The molecular weight excluding hydrogens is 120 g/mol. The molecule has 0 aromatic rings. The van der Waals surface area contributed by atoms with E-state index >= 15 is 0 Å². The van der Waals surface area contributed by atoms with E-state index in [-0.39, 0.29) is 5.57 Å². The van der Waals surface area contributed by atoms with Crippen molar-refractivity contribution in [1.82, 2.24) is 0 Å². The zero-order valence-electron chi connectivity index (χ0n) is 5.43. The third kappa shape index (κ3) is 2.08. The lowest BCUT2D eigenvalue weighted by Gasteiger charge is -1.93. The van der Waals surface area contributed by atoms with Crippen LogP contribution in [0.1, 0.15) is 6.92 Å². The van der Waals surface area contributed by atoms with Crippen molar-refractivity contribution in [2.24, 2.45) is 0 Å². The molecule has 0 fully saturated rings. The summed E-state index contributed by atoms with van der Waals surface area (Å²) in [4.78, 5) is 20.8. The van der Waals surface area contributed by atoms with Crippen LogP contribution in [0.3, 0.4) is 0 Å². The van der Waals surface area contributed by atoms with Crippen LogP contribution in [0.25, 0.3) is 0 Å². The summed E-state index contributed by atoms with van der Waals surface area (Å²) in [7, 11) is 1.16. The standard InChI is InChI=1S/C6H8O3/c1-4(2)5(7)6(8)9-3/h1H2,2-3H3. The summed E-state index contributed by atoms with van der Waals surface area (Å²) < 4.78 is 4.12.